The maximum absolute atomic E-state index is 11.7. The molecule has 0 radical (unpaired) electrons. The molecule has 0 aliphatic heterocycles. The molecule has 1 fully saturated rings. The minimum atomic E-state index is -0.971. The van der Waals surface area contributed by atoms with Crippen molar-refractivity contribution in [1.29, 1.82) is 0 Å². The van der Waals surface area contributed by atoms with Crippen molar-refractivity contribution in [3.05, 3.63) is 0 Å². The lowest BCUT2D eigenvalue weighted by molar-refractivity contribution is -0.139. The zero-order chi connectivity index (χ0) is 14.8. The standard InChI is InChI=1S/C14H26N2O3S/c1-20-10-8-12(13(17)18)16-14(19)15-9-7-11-5-3-2-4-6-11/h11-12H,2-10H2,1H3,(H,17,18)(H2,15,16,19)/t12-/m1/s1. The summed E-state index contributed by atoms with van der Waals surface area (Å²) in [5, 5.41) is 14.3. The summed E-state index contributed by atoms with van der Waals surface area (Å²) < 4.78 is 0. The van der Waals surface area contributed by atoms with Gasteiger partial charge in [0.15, 0.2) is 0 Å². The Morgan fingerprint density at radius 2 is 2.00 bits per heavy atom. The van der Waals surface area contributed by atoms with Gasteiger partial charge in [0.25, 0.3) is 0 Å². The number of carbonyl (C=O) groups excluding carboxylic acids is 1. The first-order valence-corrected chi connectivity index (χ1v) is 8.79. The van der Waals surface area contributed by atoms with E-state index < -0.39 is 12.0 Å². The second-order valence-electron chi connectivity index (χ2n) is 5.37. The summed E-state index contributed by atoms with van der Waals surface area (Å²) in [7, 11) is 0. The number of carboxylic acid groups (broad SMARTS) is 1. The SMILES string of the molecule is CSCC[C@@H](NC(=O)NCCC1CCCCC1)C(=O)O. The van der Waals surface area contributed by atoms with Crippen LogP contribution in [-0.2, 0) is 4.79 Å². The van der Waals surface area contributed by atoms with Crippen LogP contribution in [0.4, 0.5) is 4.79 Å². The molecule has 2 amide bonds. The van der Waals surface area contributed by atoms with Gasteiger partial charge in [-0.05, 0) is 30.8 Å². The van der Waals surface area contributed by atoms with Crippen molar-refractivity contribution in [2.45, 2.75) is 51.0 Å². The van der Waals surface area contributed by atoms with Gasteiger partial charge in [0.2, 0.25) is 0 Å². The molecular formula is C14H26N2O3S. The van der Waals surface area contributed by atoms with Crippen LogP contribution in [0.1, 0.15) is 44.9 Å². The largest absolute Gasteiger partial charge is 0.480 e. The first-order chi connectivity index (χ1) is 9.63. The topological polar surface area (TPSA) is 78.4 Å². The lowest BCUT2D eigenvalue weighted by Crippen LogP contribution is -2.46. The molecule has 0 bridgehead atoms. The number of aliphatic carboxylic acids is 1. The highest BCUT2D eigenvalue weighted by atomic mass is 32.2. The van der Waals surface area contributed by atoms with Crippen molar-refractivity contribution < 1.29 is 14.7 Å². The van der Waals surface area contributed by atoms with E-state index in [0.29, 0.717) is 13.0 Å². The zero-order valence-electron chi connectivity index (χ0n) is 12.2. The molecule has 0 aromatic carbocycles. The van der Waals surface area contributed by atoms with Gasteiger partial charge < -0.3 is 15.7 Å². The maximum atomic E-state index is 11.7. The third-order valence-electron chi connectivity index (χ3n) is 3.78. The number of thioether (sulfide) groups is 1. The fourth-order valence-corrected chi connectivity index (χ4v) is 3.04. The van der Waals surface area contributed by atoms with Gasteiger partial charge in [-0.1, -0.05) is 32.1 Å². The summed E-state index contributed by atoms with van der Waals surface area (Å²) in [6, 6.07) is -1.16. The molecule has 1 aliphatic carbocycles. The van der Waals surface area contributed by atoms with E-state index in [2.05, 4.69) is 10.6 Å². The van der Waals surface area contributed by atoms with E-state index in [1.807, 2.05) is 6.26 Å². The molecule has 1 atom stereocenters. The van der Waals surface area contributed by atoms with Gasteiger partial charge in [-0.15, -0.1) is 0 Å². The first-order valence-electron chi connectivity index (χ1n) is 7.39. The van der Waals surface area contributed by atoms with Crippen LogP contribution in [0.2, 0.25) is 0 Å². The minimum Gasteiger partial charge on any atom is -0.480 e. The van der Waals surface area contributed by atoms with E-state index in [9.17, 15) is 9.59 Å². The Hall–Kier alpha value is -0.910. The van der Waals surface area contributed by atoms with Crippen LogP contribution in [0.3, 0.4) is 0 Å². The summed E-state index contributed by atoms with van der Waals surface area (Å²) in [5.41, 5.74) is 0. The van der Waals surface area contributed by atoms with Gasteiger partial charge >= 0.3 is 12.0 Å². The van der Waals surface area contributed by atoms with Crippen LogP contribution in [0.15, 0.2) is 0 Å². The van der Waals surface area contributed by atoms with Crippen LogP contribution in [-0.4, -0.2) is 41.7 Å². The molecule has 1 aliphatic rings. The number of carbonyl (C=O) groups is 2. The first kappa shape index (κ1) is 17.1. The summed E-state index contributed by atoms with van der Waals surface area (Å²) in [6.07, 6.45) is 9.81. The van der Waals surface area contributed by atoms with E-state index in [0.717, 1.165) is 18.1 Å². The third kappa shape index (κ3) is 7.03. The van der Waals surface area contributed by atoms with Gasteiger partial charge in [0.1, 0.15) is 6.04 Å². The van der Waals surface area contributed by atoms with Crippen LogP contribution >= 0.6 is 11.8 Å². The number of hydrogen-bond acceptors (Lipinski definition) is 3. The van der Waals surface area contributed by atoms with Crippen LogP contribution < -0.4 is 10.6 Å². The van der Waals surface area contributed by atoms with Crippen molar-refractivity contribution >= 4 is 23.8 Å². The van der Waals surface area contributed by atoms with Crippen LogP contribution in [0.25, 0.3) is 0 Å². The predicted molar refractivity (Wildman–Crippen MR) is 82.1 cm³/mol. The Bertz CT molecular complexity index is 307. The smallest absolute Gasteiger partial charge is 0.326 e. The third-order valence-corrected chi connectivity index (χ3v) is 4.42. The molecule has 0 spiro atoms. The van der Waals surface area contributed by atoms with E-state index in [-0.39, 0.29) is 6.03 Å². The molecule has 0 unspecified atom stereocenters. The van der Waals surface area contributed by atoms with Crippen molar-refractivity contribution in [3.63, 3.8) is 0 Å². The number of amides is 2. The van der Waals surface area contributed by atoms with Crippen molar-refractivity contribution in [2.24, 2.45) is 5.92 Å². The Morgan fingerprint density at radius 3 is 2.60 bits per heavy atom. The molecular weight excluding hydrogens is 276 g/mol. The highest BCUT2D eigenvalue weighted by Gasteiger charge is 2.19. The van der Waals surface area contributed by atoms with Gasteiger partial charge in [-0.3, -0.25) is 0 Å². The Labute approximate surface area is 125 Å². The average Bonchev–Trinajstić information content (AvgIpc) is 2.44. The van der Waals surface area contributed by atoms with Crippen LogP contribution in [0, 0.1) is 5.92 Å². The fourth-order valence-electron chi connectivity index (χ4n) is 2.57. The molecule has 1 saturated carbocycles. The highest BCUT2D eigenvalue weighted by Crippen LogP contribution is 2.25. The summed E-state index contributed by atoms with van der Waals surface area (Å²) >= 11 is 1.58. The molecule has 0 aromatic rings. The quantitative estimate of drug-likeness (QED) is 0.643. The lowest BCUT2D eigenvalue weighted by atomic mass is 9.87. The predicted octanol–water partition coefficient (Wildman–Crippen LogP) is 2.46. The number of urea groups is 1. The van der Waals surface area contributed by atoms with Gasteiger partial charge in [0, 0.05) is 6.54 Å². The Kier molecular flexibility index (Phi) is 8.49. The van der Waals surface area contributed by atoms with E-state index in [1.165, 1.54) is 32.1 Å². The monoisotopic (exact) mass is 302 g/mol. The van der Waals surface area contributed by atoms with Gasteiger partial charge in [-0.2, -0.15) is 11.8 Å². The highest BCUT2D eigenvalue weighted by molar-refractivity contribution is 7.98. The second-order valence-corrected chi connectivity index (χ2v) is 6.35. The normalized spacial score (nSPS) is 17.4. The molecule has 3 N–H and O–H groups in total. The molecule has 6 heteroatoms. The van der Waals surface area contributed by atoms with Crippen molar-refractivity contribution in [3.8, 4) is 0 Å². The van der Waals surface area contributed by atoms with Crippen LogP contribution in [0.5, 0.6) is 0 Å². The Morgan fingerprint density at radius 1 is 1.30 bits per heavy atom. The molecule has 20 heavy (non-hydrogen) atoms. The van der Waals surface area contributed by atoms with Gasteiger partial charge in [0.05, 0.1) is 0 Å². The number of hydrogen-bond donors (Lipinski definition) is 3. The number of nitrogens with one attached hydrogen (secondary N) is 2. The minimum absolute atomic E-state index is 0.366. The zero-order valence-corrected chi connectivity index (χ0v) is 13.0. The maximum Gasteiger partial charge on any atom is 0.326 e. The Balaban J connectivity index is 2.18. The average molecular weight is 302 g/mol. The summed E-state index contributed by atoms with van der Waals surface area (Å²) in [6.45, 7) is 0.630. The van der Waals surface area contributed by atoms with E-state index in [4.69, 9.17) is 5.11 Å². The summed E-state index contributed by atoms with van der Waals surface area (Å²) in [5.74, 6) is 0.469. The molecule has 0 aromatic heterocycles. The lowest BCUT2D eigenvalue weighted by Gasteiger charge is -2.21. The second kappa shape index (κ2) is 9.91. The van der Waals surface area contributed by atoms with E-state index in [1.54, 1.807) is 11.8 Å². The molecule has 5 nitrogen and oxygen atoms in total. The van der Waals surface area contributed by atoms with Gasteiger partial charge in [-0.25, -0.2) is 9.59 Å². The molecule has 0 heterocycles. The molecule has 1 rings (SSSR count). The van der Waals surface area contributed by atoms with Crippen molar-refractivity contribution in [1.82, 2.24) is 10.6 Å². The van der Waals surface area contributed by atoms with E-state index >= 15 is 0 Å². The summed E-state index contributed by atoms with van der Waals surface area (Å²) in [4.78, 5) is 22.7. The number of carboxylic acids is 1. The number of rotatable bonds is 8. The molecule has 0 saturated heterocycles. The molecule has 116 valence electrons. The fraction of sp³-hybridized carbons (Fsp3) is 0.857. The van der Waals surface area contributed by atoms with Crippen molar-refractivity contribution in [2.75, 3.05) is 18.6 Å².